The van der Waals surface area contributed by atoms with Gasteiger partial charge in [-0.05, 0) is 17.9 Å². The Bertz CT molecular complexity index is 388. The molecule has 1 aromatic rings. The minimum Gasteiger partial charge on any atom is -0.368 e. The van der Waals surface area contributed by atoms with Crippen molar-refractivity contribution in [3.05, 3.63) is 35.9 Å². The van der Waals surface area contributed by atoms with E-state index in [1.165, 1.54) is 5.56 Å². The zero-order valence-corrected chi connectivity index (χ0v) is 10.4. The van der Waals surface area contributed by atoms with Crippen molar-refractivity contribution >= 4 is 5.91 Å². The van der Waals surface area contributed by atoms with E-state index in [4.69, 9.17) is 5.73 Å². The Kier molecular flexibility index (Phi) is 3.48. The highest BCUT2D eigenvalue weighted by Crippen LogP contribution is 2.41. The highest BCUT2D eigenvalue weighted by Gasteiger charge is 2.40. The van der Waals surface area contributed by atoms with Crippen LogP contribution in [-0.2, 0) is 4.79 Å². The zero-order valence-electron chi connectivity index (χ0n) is 10.4. The normalized spacial score (nSPS) is 24.6. The van der Waals surface area contributed by atoms with Crippen LogP contribution in [0.2, 0.25) is 0 Å². The average molecular weight is 232 g/mol. The van der Waals surface area contributed by atoms with Gasteiger partial charge in [0.25, 0.3) is 0 Å². The molecule has 3 atom stereocenters. The standard InChI is InChI=1S/C14H20N2O/c1-9(2)13(14(15)17)16-12-8-11(12)10-6-4-3-5-7-10/h3-7,9,11-13,16H,8H2,1-2H3,(H2,15,17). The molecule has 2 rings (SSSR count). The van der Waals surface area contributed by atoms with E-state index in [9.17, 15) is 4.79 Å². The van der Waals surface area contributed by atoms with Gasteiger partial charge in [-0.15, -0.1) is 0 Å². The lowest BCUT2D eigenvalue weighted by Gasteiger charge is -2.19. The number of nitrogens with two attached hydrogens (primary N) is 1. The van der Waals surface area contributed by atoms with Crippen LogP contribution in [0, 0.1) is 5.92 Å². The second-order valence-electron chi connectivity index (χ2n) is 5.15. The summed E-state index contributed by atoms with van der Waals surface area (Å²) in [5.74, 6) is 0.528. The van der Waals surface area contributed by atoms with Crippen LogP contribution in [0.3, 0.4) is 0 Å². The Labute approximate surface area is 102 Å². The molecule has 0 saturated heterocycles. The minimum atomic E-state index is -0.251. The maximum Gasteiger partial charge on any atom is 0.234 e. The Hall–Kier alpha value is -1.35. The lowest BCUT2D eigenvalue weighted by Crippen LogP contribution is -2.46. The summed E-state index contributed by atoms with van der Waals surface area (Å²) in [5.41, 5.74) is 6.74. The van der Waals surface area contributed by atoms with Gasteiger partial charge in [0.15, 0.2) is 0 Å². The van der Waals surface area contributed by atoms with Crippen molar-refractivity contribution in [2.24, 2.45) is 11.7 Å². The monoisotopic (exact) mass is 232 g/mol. The van der Waals surface area contributed by atoms with Gasteiger partial charge >= 0.3 is 0 Å². The van der Waals surface area contributed by atoms with Crippen molar-refractivity contribution in [3.8, 4) is 0 Å². The molecular weight excluding hydrogens is 212 g/mol. The fourth-order valence-corrected chi connectivity index (χ4v) is 2.28. The number of primary amides is 1. The molecule has 3 unspecified atom stereocenters. The molecule has 1 aromatic carbocycles. The molecule has 0 spiro atoms. The van der Waals surface area contributed by atoms with Crippen molar-refractivity contribution in [1.29, 1.82) is 0 Å². The number of amides is 1. The molecule has 1 aliphatic rings. The Balaban J connectivity index is 1.93. The first-order valence-corrected chi connectivity index (χ1v) is 6.20. The molecule has 3 nitrogen and oxygen atoms in total. The minimum absolute atomic E-state index is 0.214. The number of benzene rings is 1. The highest BCUT2D eigenvalue weighted by molar-refractivity contribution is 5.80. The molecular formula is C14H20N2O. The van der Waals surface area contributed by atoms with Crippen LogP contribution in [0.1, 0.15) is 31.7 Å². The van der Waals surface area contributed by atoms with Crippen molar-refractivity contribution in [1.82, 2.24) is 5.32 Å². The van der Waals surface area contributed by atoms with E-state index in [1.54, 1.807) is 0 Å². The number of carbonyl (C=O) groups is 1. The summed E-state index contributed by atoms with van der Waals surface area (Å²) in [4.78, 5) is 11.3. The molecule has 0 bridgehead atoms. The molecule has 3 N–H and O–H groups in total. The topological polar surface area (TPSA) is 55.1 Å². The lowest BCUT2D eigenvalue weighted by atomic mass is 10.0. The van der Waals surface area contributed by atoms with Gasteiger partial charge in [0.2, 0.25) is 5.91 Å². The number of carbonyl (C=O) groups excluding carboxylic acids is 1. The van der Waals surface area contributed by atoms with E-state index in [-0.39, 0.29) is 17.9 Å². The molecule has 0 heterocycles. The molecule has 0 aliphatic heterocycles. The molecule has 1 fully saturated rings. The van der Waals surface area contributed by atoms with Gasteiger partial charge in [-0.1, -0.05) is 44.2 Å². The van der Waals surface area contributed by atoms with Crippen molar-refractivity contribution in [3.63, 3.8) is 0 Å². The zero-order chi connectivity index (χ0) is 12.4. The Morgan fingerprint density at radius 1 is 1.35 bits per heavy atom. The van der Waals surface area contributed by atoms with E-state index < -0.39 is 0 Å². The second kappa shape index (κ2) is 4.88. The summed E-state index contributed by atoms with van der Waals surface area (Å²) in [6.45, 7) is 4.03. The number of rotatable bonds is 5. The Morgan fingerprint density at radius 2 is 2.00 bits per heavy atom. The quantitative estimate of drug-likeness (QED) is 0.811. The average Bonchev–Trinajstić information content (AvgIpc) is 3.05. The fraction of sp³-hybridized carbons (Fsp3) is 0.500. The summed E-state index contributed by atoms with van der Waals surface area (Å²) in [7, 11) is 0. The number of nitrogens with one attached hydrogen (secondary N) is 1. The summed E-state index contributed by atoms with van der Waals surface area (Å²) < 4.78 is 0. The molecule has 17 heavy (non-hydrogen) atoms. The Morgan fingerprint density at radius 3 is 2.53 bits per heavy atom. The van der Waals surface area contributed by atoms with Gasteiger partial charge in [0.1, 0.15) is 0 Å². The van der Waals surface area contributed by atoms with Crippen molar-refractivity contribution in [2.75, 3.05) is 0 Å². The van der Waals surface area contributed by atoms with Crippen LogP contribution in [0.25, 0.3) is 0 Å². The SMILES string of the molecule is CC(C)C(NC1CC1c1ccccc1)C(N)=O. The molecule has 92 valence electrons. The van der Waals surface area contributed by atoms with Gasteiger partial charge in [-0.2, -0.15) is 0 Å². The lowest BCUT2D eigenvalue weighted by molar-refractivity contribution is -0.121. The summed E-state index contributed by atoms with van der Waals surface area (Å²) >= 11 is 0. The molecule has 1 saturated carbocycles. The van der Waals surface area contributed by atoms with Gasteiger partial charge in [-0.3, -0.25) is 4.79 Å². The molecule has 1 aliphatic carbocycles. The summed E-state index contributed by atoms with van der Waals surface area (Å²) in [6.07, 6.45) is 1.10. The fourth-order valence-electron chi connectivity index (χ4n) is 2.28. The van der Waals surface area contributed by atoms with E-state index in [2.05, 4.69) is 29.6 Å². The van der Waals surface area contributed by atoms with Crippen LogP contribution in [0.5, 0.6) is 0 Å². The van der Waals surface area contributed by atoms with Gasteiger partial charge in [-0.25, -0.2) is 0 Å². The van der Waals surface area contributed by atoms with Crippen LogP contribution in [-0.4, -0.2) is 18.0 Å². The van der Waals surface area contributed by atoms with Crippen molar-refractivity contribution < 1.29 is 4.79 Å². The van der Waals surface area contributed by atoms with E-state index in [0.717, 1.165) is 6.42 Å². The van der Waals surface area contributed by atoms with Crippen LogP contribution < -0.4 is 11.1 Å². The van der Waals surface area contributed by atoms with Crippen LogP contribution in [0.15, 0.2) is 30.3 Å². The molecule has 0 aromatic heterocycles. The number of hydrogen-bond acceptors (Lipinski definition) is 2. The smallest absolute Gasteiger partial charge is 0.234 e. The summed E-state index contributed by atoms with van der Waals surface area (Å²) in [6, 6.07) is 10.6. The first-order chi connectivity index (χ1) is 8.09. The van der Waals surface area contributed by atoms with Gasteiger partial charge in [0, 0.05) is 12.0 Å². The third kappa shape index (κ3) is 2.86. The van der Waals surface area contributed by atoms with Crippen LogP contribution >= 0.6 is 0 Å². The van der Waals surface area contributed by atoms with Gasteiger partial charge in [0.05, 0.1) is 6.04 Å². The van der Waals surface area contributed by atoms with E-state index >= 15 is 0 Å². The maximum atomic E-state index is 11.3. The van der Waals surface area contributed by atoms with E-state index in [1.807, 2.05) is 19.9 Å². The second-order valence-corrected chi connectivity index (χ2v) is 5.15. The maximum absolute atomic E-state index is 11.3. The first-order valence-electron chi connectivity index (χ1n) is 6.20. The first kappa shape index (κ1) is 12.1. The predicted octanol–water partition coefficient (Wildman–Crippen LogP) is 1.64. The number of hydrogen-bond donors (Lipinski definition) is 2. The summed E-state index contributed by atoms with van der Waals surface area (Å²) in [5, 5.41) is 3.36. The van der Waals surface area contributed by atoms with Crippen molar-refractivity contribution in [2.45, 2.75) is 38.3 Å². The molecule has 1 amide bonds. The largest absolute Gasteiger partial charge is 0.368 e. The molecule has 0 radical (unpaired) electrons. The van der Waals surface area contributed by atoms with Crippen LogP contribution in [0.4, 0.5) is 0 Å². The predicted molar refractivity (Wildman–Crippen MR) is 68.5 cm³/mol. The molecule has 3 heteroatoms. The highest BCUT2D eigenvalue weighted by atomic mass is 16.1. The third-order valence-electron chi connectivity index (χ3n) is 3.38. The third-order valence-corrected chi connectivity index (χ3v) is 3.38. The van der Waals surface area contributed by atoms with E-state index in [0.29, 0.717) is 12.0 Å². The van der Waals surface area contributed by atoms with Gasteiger partial charge < -0.3 is 11.1 Å².